The van der Waals surface area contributed by atoms with E-state index in [1.54, 1.807) is 14.2 Å². The van der Waals surface area contributed by atoms with E-state index < -0.39 is 0 Å². The minimum absolute atomic E-state index is 0.303. The second-order valence-corrected chi connectivity index (χ2v) is 6.78. The summed E-state index contributed by atoms with van der Waals surface area (Å²) in [5, 5.41) is 3.72. The van der Waals surface area contributed by atoms with Gasteiger partial charge in [0.2, 0.25) is 0 Å². The second kappa shape index (κ2) is 7.46. The normalized spacial score (nSPS) is 16.8. The van der Waals surface area contributed by atoms with E-state index in [4.69, 9.17) is 18.9 Å². The predicted octanol–water partition coefficient (Wildman–Crippen LogP) is 3.72. The van der Waals surface area contributed by atoms with Crippen LogP contribution in [-0.4, -0.2) is 27.4 Å². The van der Waals surface area contributed by atoms with Crippen LogP contribution < -0.4 is 24.3 Å². The standard InChI is InChI=1S/C21H25NO4/c1-23-17-7-5-16(19(12-17)24-2)13-22-21(14-3-4-14)15-6-8-18-20(11-15)26-10-9-25-18/h5-8,11-12,14,21-22H,3-4,9-10,13H2,1-2H3. The Labute approximate surface area is 154 Å². The van der Waals surface area contributed by atoms with E-state index in [1.807, 2.05) is 18.2 Å². The molecule has 5 nitrogen and oxygen atoms in total. The first-order valence-electron chi connectivity index (χ1n) is 9.12. The molecule has 1 unspecified atom stereocenters. The first kappa shape index (κ1) is 17.0. The van der Waals surface area contributed by atoms with Gasteiger partial charge in [-0.05, 0) is 42.5 Å². The molecule has 138 valence electrons. The molecule has 5 heteroatoms. The molecule has 2 aromatic carbocycles. The summed E-state index contributed by atoms with van der Waals surface area (Å²) in [7, 11) is 3.36. The molecule has 0 bridgehead atoms. The molecule has 1 fully saturated rings. The van der Waals surface area contributed by atoms with Crippen molar-refractivity contribution in [2.45, 2.75) is 25.4 Å². The Balaban J connectivity index is 1.52. The first-order chi connectivity index (χ1) is 12.8. The molecule has 1 N–H and O–H groups in total. The fourth-order valence-electron chi connectivity index (χ4n) is 3.46. The summed E-state index contributed by atoms with van der Waals surface area (Å²) in [6, 6.07) is 12.5. The van der Waals surface area contributed by atoms with Gasteiger partial charge in [0.15, 0.2) is 11.5 Å². The van der Waals surface area contributed by atoms with Crippen molar-refractivity contribution >= 4 is 0 Å². The number of hydrogen-bond donors (Lipinski definition) is 1. The van der Waals surface area contributed by atoms with Crippen molar-refractivity contribution in [2.75, 3.05) is 27.4 Å². The highest BCUT2D eigenvalue weighted by molar-refractivity contribution is 5.45. The molecule has 1 saturated carbocycles. The molecule has 1 aliphatic heterocycles. The van der Waals surface area contributed by atoms with Gasteiger partial charge in [0.25, 0.3) is 0 Å². The lowest BCUT2D eigenvalue weighted by molar-refractivity contribution is 0.171. The number of rotatable bonds is 7. The fourth-order valence-corrected chi connectivity index (χ4v) is 3.46. The third-order valence-electron chi connectivity index (χ3n) is 5.03. The topological polar surface area (TPSA) is 49.0 Å². The van der Waals surface area contributed by atoms with Crippen LogP contribution in [0.3, 0.4) is 0 Å². The van der Waals surface area contributed by atoms with Gasteiger partial charge in [0.1, 0.15) is 24.7 Å². The van der Waals surface area contributed by atoms with Crippen molar-refractivity contribution in [1.29, 1.82) is 0 Å². The lowest BCUT2D eigenvalue weighted by Crippen LogP contribution is -2.23. The van der Waals surface area contributed by atoms with Crippen LogP contribution in [0.25, 0.3) is 0 Å². The maximum atomic E-state index is 5.75. The highest BCUT2D eigenvalue weighted by Crippen LogP contribution is 2.43. The third kappa shape index (κ3) is 3.58. The van der Waals surface area contributed by atoms with Gasteiger partial charge in [0, 0.05) is 24.2 Å². The van der Waals surface area contributed by atoms with E-state index in [9.17, 15) is 0 Å². The van der Waals surface area contributed by atoms with Gasteiger partial charge in [-0.1, -0.05) is 12.1 Å². The van der Waals surface area contributed by atoms with Crippen LogP contribution in [0, 0.1) is 5.92 Å². The van der Waals surface area contributed by atoms with Crippen LogP contribution >= 0.6 is 0 Å². The number of ether oxygens (including phenoxy) is 4. The fraction of sp³-hybridized carbons (Fsp3) is 0.429. The van der Waals surface area contributed by atoms with E-state index in [1.165, 1.54) is 18.4 Å². The molecule has 0 spiro atoms. The Kier molecular flexibility index (Phi) is 4.89. The van der Waals surface area contributed by atoms with E-state index >= 15 is 0 Å². The van der Waals surface area contributed by atoms with Crippen molar-refractivity contribution < 1.29 is 18.9 Å². The molecule has 2 aliphatic rings. The van der Waals surface area contributed by atoms with Gasteiger partial charge in [-0.3, -0.25) is 0 Å². The van der Waals surface area contributed by atoms with Crippen LogP contribution in [0.4, 0.5) is 0 Å². The van der Waals surface area contributed by atoms with E-state index in [0.29, 0.717) is 25.2 Å². The summed E-state index contributed by atoms with van der Waals surface area (Å²) in [6.07, 6.45) is 2.51. The number of fused-ring (bicyclic) bond motifs is 1. The molecule has 0 amide bonds. The van der Waals surface area contributed by atoms with Gasteiger partial charge in [-0.25, -0.2) is 0 Å². The van der Waals surface area contributed by atoms with Gasteiger partial charge in [-0.15, -0.1) is 0 Å². The molecule has 1 aliphatic carbocycles. The first-order valence-corrected chi connectivity index (χ1v) is 9.12. The van der Waals surface area contributed by atoms with Crippen molar-refractivity contribution in [2.24, 2.45) is 5.92 Å². The van der Waals surface area contributed by atoms with E-state index in [2.05, 4.69) is 23.5 Å². The molecule has 0 aromatic heterocycles. The summed E-state index contributed by atoms with van der Waals surface area (Å²) in [5.41, 5.74) is 2.38. The maximum absolute atomic E-state index is 5.75. The monoisotopic (exact) mass is 355 g/mol. The molecule has 0 radical (unpaired) electrons. The summed E-state index contributed by atoms with van der Waals surface area (Å²) in [5.74, 6) is 4.00. The number of hydrogen-bond acceptors (Lipinski definition) is 5. The zero-order chi connectivity index (χ0) is 17.9. The van der Waals surface area contributed by atoms with Crippen LogP contribution in [0.15, 0.2) is 36.4 Å². The Morgan fingerprint density at radius 1 is 1.00 bits per heavy atom. The Hall–Kier alpha value is -2.40. The van der Waals surface area contributed by atoms with Gasteiger partial charge in [-0.2, -0.15) is 0 Å². The van der Waals surface area contributed by atoms with E-state index in [0.717, 1.165) is 35.1 Å². The van der Waals surface area contributed by atoms with E-state index in [-0.39, 0.29) is 0 Å². The van der Waals surface area contributed by atoms with Crippen molar-refractivity contribution in [1.82, 2.24) is 5.32 Å². The molecule has 1 atom stereocenters. The smallest absolute Gasteiger partial charge is 0.161 e. The van der Waals surface area contributed by atoms with Crippen molar-refractivity contribution in [3.05, 3.63) is 47.5 Å². The van der Waals surface area contributed by atoms with Crippen molar-refractivity contribution in [3.8, 4) is 23.0 Å². The number of nitrogens with one attached hydrogen (secondary N) is 1. The van der Waals surface area contributed by atoms with Gasteiger partial charge in [0.05, 0.1) is 14.2 Å². The molecule has 4 rings (SSSR count). The quantitative estimate of drug-likeness (QED) is 0.820. The Morgan fingerprint density at radius 2 is 1.81 bits per heavy atom. The number of benzene rings is 2. The zero-order valence-corrected chi connectivity index (χ0v) is 15.3. The highest BCUT2D eigenvalue weighted by atomic mass is 16.6. The Bertz CT molecular complexity index is 773. The summed E-state index contributed by atoms with van der Waals surface area (Å²) in [6.45, 7) is 1.97. The van der Waals surface area contributed by atoms with Crippen LogP contribution in [-0.2, 0) is 6.54 Å². The highest BCUT2D eigenvalue weighted by Gasteiger charge is 2.32. The number of methoxy groups -OCH3 is 2. The average molecular weight is 355 g/mol. The lowest BCUT2D eigenvalue weighted by atomic mass is 10.0. The molecule has 0 saturated heterocycles. The van der Waals surface area contributed by atoms with Crippen LogP contribution in [0.5, 0.6) is 23.0 Å². The average Bonchev–Trinajstić information content (AvgIpc) is 3.53. The third-order valence-corrected chi connectivity index (χ3v) is 5.03. The summed E-state index contributed by atoms with van der Waals surface area (Å²) < 4.78 is 22.2. The zero-order valence-electron chi connectivity index (χ0n) is 15.3. The maximum Gasteiger partial charge on any atom is 0.161 e. The molecule has 26 heavy (non-hydrogen) atoms. The van der Waals surface area contributed by atoms with Crippen LogP contribution in [0.2, 0.25) is 0 Å². The largest absolute Gasteiger partial charge is 0.497 e. The van der Waals surface area contributed by atoms with Crippen LogP contribution in [0.1, 0.15) is 30.0 Å². The predicted molar refractivity (Wildman–Crippen MR) is 99.3 cm³/mol. The SMILES string of the molecule is COc1ccc(CNC(c2ccc3c(c2)OCCO3)C2CC2)c(OC)c1. The Morgan fingerprint density at radius 3 is 2.54 bits per heavy atom. The molecule has 1 heterocycles. The van der Waals surface area contributed by atoms with Gasteiger partial charge < -0.3 is 24.3 Å². The minimum atomic E-state index is 0.303. The van der Waals surface area contributed by atoms with Crippen molar-refractivity contribution in [3.63, 3.8) is 0 Å². The minimum Gasteiger partial charge on any atom is -0.497 e. The lowest BCUT2D eigenvalue weighted by Gasteiger charge is -2.23. The summed E-state index contributed by atoms with van der Waals surface area (Å²) in [4.78, 5) is 0. The van der Waals surface area contributed by atoms with Gasteiger partial charge >= 0.3 is 0 Å². The molecular weight excluding hydrogens is 330 g/mol. The molecule has 2 aromatic rings. The molecular formula is C21H25NO4. The summed E-state index contributed by atoms with van der Waals surface area (Å²) >= 11 is 0. The second-order valence-electron chi connectivity index (χ2n) is 6.78.